The second kappa shape index (κ2) is 10.9. The molecule has 7 nitrogen and oxygen atoms in total. The summed E-state index contributed by atoms with van der Waals surface area (Å²) in [5.74, 6) is 0.128. The van der Waals surface area contributed by atoms with E-state index in [4.69, 9.17) is 9.47 Å². The van der Waals surface area contributed by atoms with Crippen LogP contribution in [0.1, 0.15) is 49.2 Å². The summed E-state index contributed by atoms with van der Waals surface area (Å²) in [6, 6.07) is 11.3. The van der Waals surface area contributed by atoms with Crippen LogP contribution < -0.4 is 9.47 Å². The highest BCUT2D eigenvalue weighted by Gasteiger charge is 2.18. The molecule has 0 unspecified atom stereocenters. The second-order valence-corrected chi connectivity index (χ2v) is 7.75. The van der Waals surface area contributed by atoms with Crippen molar-refractivity contribution in [2.75, 3.05) is 14.2 Å². The van der Waals surface area contributed by atoms with E-state index in [0.717, 1.165) is 0 Å². The van der Waals surface area contributed by atoms with Crippen molar-refractivity contribution in [2.45, 2.75) is 38.9 Å². The Morgan fingerprint density at radius 3 is 2.61 bits per heavy atom. The molecule has 174 valence electrons. The standard InChI is InChI=1S/C25H27FN2O5/c1-15(2)24-25(20-11-18(31-3)8-9-21(20)26)27-13-17(28-24)14-33-19-7-5-6-16(10-19)22(29)12-23(30)32-4/h5-11,13,15,22,29H,12,14H2,1-4H3/t22-/m1/s1. The van der Waals surface area contributed by atoms with Crippen molar-refractivity contribution in [1.29, 1.82) is 0 Å². The number of halogens is 1. The third-order valence-corrected chi connectivity index (χ3v) is 5.04. The molecule has 3 aromatic rings. The first-order valence-electron chi connectivity index (χ1n) is 10.5. The normalized spacial score (nSPS) is 11.8. The van der Waals surface area contributed by atoms with Gasteiger partial charge in [0.2, 0.25) is 0 Å². The fraction of sp³-hybridized carbons (Fsp3) is 0.320. The summed E-state index contributed by atoms with van der Waals surface area (Å²) in [5.41, 5.74) is 2.54. The van der Waals surface area contributed by atoms with Gasteiger partial charge in [-0.15, -0.1) is 0 Å². The van der Waals surface area contributed by atoms with Gasteiger partial charge in [-0.25, -0.2) is 4.39 Å². The number of carbonyl (C=O) groups excluding carboxylic acids is 1. The van der Waals surface area contributed by atoms with Crippen molar-refractivity contribution in [1.82, 2.24) is 9.97 Å². The Morgan fingerprint density at radius 1 is 1.12 bits per heavy atom. The van der Waals surface area contributed by atoms with Gasteiger partial charge in [0.1, 0.15) is 23.9 Å². The van der Waals surface area contributed by atoms with Crippen LogP contribution in [0.3, 0.4) is 0 Å². The van der Waals surface area contributed by atoms with Crippen LogP contribution in [-0.2, 0) is 16.1 Å². The van der Waals surface area contributed by atoms with Crippen molar-refractivity contribution in [3.8, 4) is 22.8 Å². The molecule has 0 amide bonds. The minimum absolute atomic E-state index is 0.00477. The molecular formula is C25H27FN2O5. The monoisotopic (exact) mass is 454 g/mol. The lowest BCUT2D eigenvalue weighted by Crippen LogP contribution is -2.09. The van der Waals surface area contributed by atoms with E-state index in [0.29, 0.717) is 39.7 Å². The Hall–Kier alpha value is -3.52. The Kier molecular flexibility index (Phi) is 7.95. The predicted octanol–water partition coefficient (Wildman–Crippen LogP) is 4.59. The lowest BCUT2D eigenvalue weighted by molar-refractivity contribution is -0.142. The van der Waals surface area contributed by atoms with Crippen LogP contribution in [0, 0.1) is 5.82 Å². The van der Waals surface area contributed by atoms with Gasteiger partial charge in [-0.2, -0.15) is 0 Å². The Bertz CT molecular complexity index is 1120. The number of hydrogen-bond acceptors (Lipinski definition) is 7. The Morgan fingerprint density at radius 2 is 1.91 bits per heavy atom. The number of ether oxygens (including phenoxy) is 3. The first kappa shape index (κ1) is 24.1. The molecule has 1 atom stereocenters. The number of methoxy groups -OCH3 is 2. The maximum absolute atomic E-state index is 14.5. The largest absolute Gasteiger partial charge is 0.497 e. The van der Waals surface area contributed by atoms with Crippen molar-refractivity contribution >= 4 is 5.97 Å². The van der Waals surface area contributed by atoms with Crippen LogP contribution in [-0.4, -0.2) is 35.3 Å². The van der Waals surface area contributed by atoms with Crippen molar-refractivity contribution in [3.63, 3.8) is 0 Å². The smallest absolute Gasteiger partial charge is 0.308 e. The molecule has 0 aliphatic heterocycles. The maximum atomic E-state index is 14.5. The highest BCUT2D eigenvalue weighted by molar-refractivity contribution is 5.70. The first-order valence-corrected chi connectivity index (χ1v) is 10.5. The van der Waals surface area contributed by atoms with Crippen LogP contribution in [0.25, 0.3) is 11.3 Å². The summed E-state index contributed by atoms with van der Waals surface area (Å²) >= 11 is 0. The molecule has 8 heteroatoms. The highest BCUT2D eigenvalue weighted by atomic mass is 19.1. The minimum Gasteiger partial charge on any atom is -0.497 e. The summed E-state index contributed by atoms with van der Waals surface area (Å²) in [6.07, 6.45) is 0.409. The lowest BCUT2D eigenvalue weighted by Gasteiger charge is -2.15. The number of rotatable bonds is 9. The van der Waals surface area contributed by atoms with E-state index >= 15 is 0 Å². The van der Waals surface area contributed by atoms with Gasteiger partial charge in [-0.05, 0) is 41.8 Å². The topological polar surface area (TPSA) is 90.8 Å². The molecule has 0 aliphatic carbocycles. The number of aliphatic hydroxyl groups excluding tert-OH is 1. The fourth-order valence-electron chi connectivity index (χ4n) is 3.26. The summed E-state index contributed by atoms with van der Waals surface area (Å²) in [5, 5.41) is 10.2. The molecule has 3 rings (SSSR count). The van der Waals surface area contributed by atoms with Crippen LogP contribution in [0.4, 0.5) is 4.39 Å². The fourth-order valence-corrected chi connectivity index (χ4v) is 3.26. The van der Waals surface area contributed by atoms with Crippen LogP contribution >= 0.6 is 0 Å². The maximum Gasteiger partial charge on any atom is 0.308 e. The SMILES string of the molecule is COC(=O)C[C@@H](O)c1cccc(OCc2cnc(-c3cc(OC)ccc3F)c(C(C)C)n2)c1. The number of benzene rings is 2. The molecule has 0 spiro atoms. The average molecular weight is 454 g/mol. The molecule has 0 aliphatic rings. The number of carbonyl (C=O) groups is 1. The van der Waals surface area contributed by atoms with E-state index in [1.807, 2.05) is 13.8 Å². The number of aliphatic hydroxyl groups is 1. The Labute approximate surface area is 192 Å². The molecule has 1 N–H and O–H groups in total. The quantitative estimate of drug-likeness (QED) is 0.473. The van der Waals surface area contributed by atoms with E-state index in [-0.39, 0.29) is 18.9 Å². The molecule has 0 fully saturated rings. The van der Waals surface area contributed by atoms with Gasteiger partial charge in [-0.3, -0.25) is 14.8 Å². The van der Waals surface area contributed by atoms with Crippen LogP contribution in [0.2, 0.25) is 0 Å². The number of esters is 1. The van der Waals surface area contributed by atoms with Gasteiger partial charge in [0, 0.05) is 5.56 Å². The Balaban J connectivity index is 1.80. The van der Waals surface area contributed by atoms with Gasteiger partial charge in [0.15, 0.2) is 0 Å². The van der Waals surface area contributed by atoms with E-state index in [1.54, 1.807) is 42.6 Å². The average Bonchev–Trinajstić information content (AvgIpc) is 2.83. The van der Waals surface area contributed by atoms with E-state index in [9.17, 15) is 14.3 Å². The van der Waals surface area contributed by atoms with Crippen molar-refractivity contribution in [2.24, 2.45) is 0 Å². The zero-order valence-electron chi connectivity index (χ0n) is 19.0. The lowest BCUT2D eigenvalue weighted by atomic mass is 10.0. The molecule has 0 radical (unpaired) electrons. The predicted molar refractivity (Wildman–Crippen MR) is 120 cm³/mol. The molecule has 0 saturated carbocycles. The molecule has 1 heterocycles. The molecule has 0 saturated heterocycles. The van der Waals surface area contributed by atoms with E-state index < -0.39 is 17.9 Å². The van der Waals surface area contributed by atoms with Gasteiger partial charge in [0.25, 0.3) is 0 Å². The summed E-state index contributed by atoms with van der Waals surface area (Å²) in [7, 11) is 2.80. The third-order valence-electron chi connectivity index (χ3n) is 5.04. The summed E-state index contributed by atoms with van der Waals surface area (Å²) in [4.78, 5) is 20.5. The molecule has 1 aromatic heterocycles. The number of aromatic nitrogens is 2. The highest BCUT2D eigenvalue weighted by Crippen LogP contribution is 2.31. The van der Waals surface area contributed by atoms with Gasteiger partial charge in [0.05, 0.1) is 50.0 Å². The van der Waals surface area contributed by atoms with Gasteiger partial charge in [-0.1, -0.05) is 26.0 Å². The molecule has 2 aromatic carbocycles. The van der Waals surface area contributed by atoms with Gasteiger partial charge < -0.3 is 19.3 Å². The number of nitrogens with zero attached hydrogens (tertiary/aromatic N) is 2. The van der Waals surface area contributed by atoms with Crippen molar-refractivity contribution in [3.05, 3.63) is 71.4 Å². The zero-order chi connectivity index (χ0) is 24.0. The molecule has 33 heavy (non-hydrogen) atoms. The zero-order valence-corrected chi connectivity index (χ0v) is 19.0. The third kappa shape index (κ3) is 6.04. The van der Waals surface area contributed by atoms with Gasteiger partial charge >= 0.3 is 5.97 Å². The van der Waals surface area contributed by atoms with E-state index in [2.05, 4.69) is 14.7 Å². The van der Waals surface area contributed by atoms with Crippen LogP contribution in [0.15, 0.2) is 48.7 Å². The van der Waals surface area contributed by atoms with E-state index in [1.165, 1.54) is 20.3 Å². The first-order chi connectivity index (χ1) is 15.8. The molecular weight excluding hydrogens is 427 g/mol. The minimum atomic E-state index is -0.995. The summed E-state index contributed by atoms with van der Waals surface area (Å²) in [6.45, 7) is 4.05. The number of hydrogen-bond donors (Lipinski definition) is 1. The van der Waals surface area contributed by atoms with Crippen LogP contribution in [0.5, 0.6) is 11.5 Å². The second-order valence-electron chi connectivity index (χ2n) is 7.75. The molecule has 0 bridgehead atoms. The summed E-state index contributed by atoms with van der Waals surface area (Å²) < 4.78 is 30.2. The van der Waals surface area contributed by atoms with Crippen molar-refractivity contribution < 1.29 is 28.5 Å².